The number of hydrogen-bond donors (Lipinski definition) is 1. The van der Waals surface area contributed by atoms with E-state index in [1.54, 1.807) is 36.0 Å². The van der Waals surface area contributed by atoms with Crippen molar-refractivity contribution in [1.82, 2.24) is 5.32 Å². The number of halogens is 1. The van der Waals surface area contributed by atoms with Crippen molar-refractivity contribution in [3.63, 3.8) is 0 Å². The molecule has 0 fully saturated rings. The van der Waals surface area contributed by atoms with Gasteiger partial charge in [0.05, 0.1) is 11.9 Å². The fourth-order valence-electron chi connectivity index (χ4n) is 2.94. The van der Waals surface area contributed by atoms with Crippen LogP contribution < -0.4 is 9.62 Å². The number of carbonyl (C=O) groups is 1. The molecule has 0 heterocycles. The Balaban J connectivity index is 1.83. The van der Waals surface area contributed by atoms with Gasteiger partial charge in [-0.15, -0.1) is 0 Å². The number of nitrogens with one attached hydrogen (secondary N) is 1. The molecule has 0 aliphatic heterocycles. The molecule has 0 unspecified atom stereocenters. The normalized spacial score (nSPS) is 11.5. The maximum Gasteiger partial charge on any atom is 0.240 e. The molecule has 2 aromatic carbocycles. The van der Waals surface area contributed by atoms with E-state index in [0.29, 0.717) is 12.2 Å². The van der Waals surface area contributed by atoms with Gasteiger partial charge in [0.25, 0.3) is 0 Å². The first-order chi connectivity index (χ1) is 14.2. The molecule has 8 heteroatoms. The summed E-state index contributed by atoms with van der Waals surface area (Å²) in [6.45, 7) is 4.20. The lowest BCUT2D eigenvalue weighted by molar-refractivity contribution is -0.119. The monoisotopic (exact) mass is 452 g/mol. The smallest absolute Gasteiger partial charge is 0.240 e. The van der Waals surface area contributed by atoms with Crippen LogP contribution in [-0.4, -0.2) is 39.4 Å². The maximum absolute atomic E-state index is 12.9. The van der Waals surface area contributed by atoms with E-state index in [-0.39, 0.29) is 24.2 Å². The van der Waals surface area contributed by atoms with Gasteiger partial charge in [-0.05, 0) is 47.4 Å². The molecule has 0 saturated carbocycles. The minimum absolute atomic E-state index is 0.131. The van der Waals surface area contributed by atoms with Crippen LogP contribution in [0, 0.1) is 5.82 Å². The molecule has 1 amide bonds. The van der Waals surface area contributed by atoms with Gasteiger partial charge in [0.2, 0.25) is 15.9 Å². The summed E-state index contributed by atoms with van der Waals surface area (Å²) in [5.74, 6) is 1.17. The van der Waals surface area contributed by atoms with Crippen LogP contribution in [0.15, 0.2) is 48.5 Å². The Morgan fingerprint density at radius 2 is 1.80 bits per heavy atom. The highest BCUT2D eigenvalue weighted by molar-refractivity contribution is 7.98. The summed E-state index contributed by atoms with van der Waals surface area (Å²) in [5, 5.41) is 2.80. The summed E-state index contributed by atoms with van der Waals surface area (Å²) < 4.78 is 38.7. The fourth-order valence-corrected chi connectivity index (χ4v) is 4.74. The molecule has 0 aromatic heterocycles. The largest absolute Gasteiger partial charge is 0.354 e. The topological polar surface area (TPSA) is 66.5 Å². The lowest BCUT2D eigenvalue weighted by Crippen LogP contribution is -2.41. The van der Waals surface area contributed by atoms with Gasteiger partial charge in [0.15, 0.2) is 0 Å². The second-order valence-corrected chi connectivity index (χ2v) is 10.4. The van der Waals surface area contributed by atoms with Crippen molar-refractivity contribution in [2.24, 2.45) is 0 Å². The Morgan fingerprint density at radius 1 is 1.13 bits per heavy atom. The second kappa shape index (κ2) is 11.4. The molecule has 0 aliphatic carbocycles. The summed E-state index contributed by atoms with van der Waals surface area (Å²) in [4.78, 5) is 12.4. The Bertz CT molecular complexity index is 932. The summed E-state index contributed by atoms with van der Waals surface area (Å²) >= 11 is 1.70. The summed E-state index contributed by atoms with van der Waals surface area (Å²) in [5.41, 5.74) is 2.48. The minimum atomic E-state index is -3.60. The molecule has 164 valence electrons. The Kier molecular flexibility index (Phi) is 9.17. The van der Waals surface area contributed by atoms with Crippen LogP contribution in [0.3, 0.4) is 0 Å². The van der Waals surface area contributed by atoms with E-state index in [0.717, 1.165) is 35.3 Å². The van der Waals surface area contributed by atoms with Gasteiger partial charge in [-0.2, -0.15) is 11.8 Å². The van der Waals surface area contributed by atoms with E-state index < -0.39 is 10.0 Å². The standard InChI is InChI=1S/C22H29FN2O3S2/c1-17(2)20-7-4-5-8-21(20)25(30(3,27)28)15-22(26)24-13-6-14-29-16-18-9-11-19(23)12-10-18/h4-5,7-12,17H,6,13-16H2,1-3H3,(H,24,26). The molecule has 0 spiro atoms. The number of hydrogen-bond acceptors (Lipinski definition) is 4. The van der Waals surface area contributed by atoms with E-state index >= 15 is 0 Å². The fraction of sp³-hybridized carbons (Fsp3) is 0.409. The molecule has 0 radical (unpaired) electrons. The summed E-state index contributed by atoms with van der Waals surface area (Å²) in [7, 11) is -3.60. The number of rotatable bonds is 11. The van der Waals surface area contributed by atoms with Crippen LogP contribution in [0.5, 0.6) is 0 Å². The second-order valence-electron chi connectivity index (χ2n) is 7.37. The highest BCUT2D eigenvalue weighted by Gasteiger charge is 2.23. The van der Waals surface area contributed by atoms with Gasteiger partial charge in [0, 0.05) is 12.3 Å². The number of amides is 1. The molecule has 0 bridgehead atoms. The molecule has 0 aliphatic rings. The van der Waals surface area contributed by atoms with Crippen LogP contribution in [0.4, 0.5) is 10.1 Å². The number of thioether (sulfide) groups is 1. The van der Waals surface area contributed by atoms with Crippen molar-refractivity contribution >= 4 is 33.4 Å². The number of benzene rings is 2. The van der Waals surface area contributed by atoms with Gasteiger partial charge in [-0.3, -0.25) is 9.10 Å². The first kappa shape index (κ1) is 24.2. The van der Waals surface area contributed by atoms with Crippen molar-refractivity contribution in [2.45, 2.75) is 31.9 Å². The van der Waals surface area contributed by atoms with Crippen molar-refractivity contribution in [1.29, 1.82) is 0 Å². The average molecular weight is 453 g/mol. The molecule has 2 rings (SSSR count). The molecular formula is C22H29FN2O3S2. The lowest BCUT2D eigenvalue weighted by Gasteiger charge is -2.25. The summed E-state index contributed by atoms with van der Waals surface area (Å²) in [6, 6.07) is 13.7. The zero-order valence-electron chi connectivity index (χ0n) is 17.6. The van der Waals surface area contributed by atoms with Gasteiger partial charge in [-0.1, -0.05) is 44.2 Å². The number of sulfonamides is 1. The molecule has 0 saturated heterocycles. The lowest BCUT2D eigenvalue weighted by atomic mass is 10.0. The maximum atomic E-state index is 12.9. The quantitative estimate of drug-likeness (QED) is 0.520. The first-order valence-corrected chi connectivity index (χ1v) is 12.8. The van der Waals surface area contributed by atoms with E-state index in [1.807, 2.05) is 26.0 Å². The minimum Gasteiger partial charge on any atom is -0.354 e. The van der Waals surface area contributed by atoms with Gasteiger partial charge < -0.3 is 5.32 Å². The number of nitrogens with zero attached hydrogens (tertiary/aromatic N) is 1. The highest BCUT2D eigenvalue weighted by atomic mass is 32.2. The van der Waals surface area contributed by atoms with Crippen LogP contribution in [0.2, 0.25) is 0 Å². The number of anilines is 1. The molecule has 2 aromatic rings. The van der Waals surface area contributed by atoms with Crippen molar-refractivity contribution in [2.75, 3.05) is 29.4 Å². The van der Waals surface area contributed by atoms with E-state index in [4.69, 9.17) is 0 Å². The summed E-state index contributed by atoms with van der Waals surface area (Å²) in [6.07, 6.45) is 1.88. The van der Waals surface area contributed by atoms with Crippen LogP contribution in [0.25, 0.3) is 0 Å². The molecular weight excluding hydrogens is 423 g/mol. The van der Waals surface area contributed by atoms with Gasteiger partial charge in [0.1, 0.15) is 12.4 Å². The Morgan fingerprint density at radius 3 is 2.43 bits per heavy atom. The van der Waals surface area contributed by atoms with Crippen LogP contribution in [-0.2, 0) is 20.6 Å². The number of carbonyl (C=O) groups excluding carboxylic acids is 1. The SMILES string of the molecule is CC(C)c1ccccc1N(CC(=O)NCCCSCc1ccc(F)cc1)S(C)(=O)=O. The first-order valence-electron chi connectivity index (χ1n) is 9.84. The third-order valence-corrected chi connectivity index (χ3v) is 6.73. The zero-order valence-corrected chi connectivity index (χ0v) is 19.2. The van der Waals surface area contributed by atoms with Crippen molar-refractivity contribution in [3.8, 4) is 0 Å². The molecule has 30 heavy (non-hydrogen) atoms. The molecule has 5 nitrogen and oxygen atoms in total. The average Bonchev–Trinajstić information content (AvgIpc) is 2.69. The van der Waals surface area contributed by atoms with Crippen molar-refractivity contribution in [3.05, 3.63) is 65.5 Å². The Hall–Kier alpha value is -2.06. The zero-order chi connectivity index (χ0) is 22.1. The van der Waals surface area contributed by atoms with E-state index in [1.165, 1.54) is 16.4 Å². The third-order valence-electron chi connectivity index (χ3n) is 4.48. The molecule has 0 atom stereocenters. The van der Waals surface area contributed by atoms with Gasteiger partial charge >= 0.3 is 0 Å². The van der Waals surface area contributed by atoms with Crippen LogP contribution >= 0.6 is 11.8 Å². The predicted octanol–water partition coefficient (Wildman–Crippen LogP) is 4.15. The highest BCUT2D eigenvalue weighted by Crippen LogP contribution is 2.28. The third kappa shape index (κ3) is 7.65. The van der Waals surface area contributed by atoms with Gasteiger partial charge in [-0.25, -0.2) is 12.8 Å². The number of para-hydroxylation sites is 1. The Labute approximate surface area is 183 Å². The van der Waals surface area contributed by atoms with Crippen molar-refractivity contribution < 1.29 is 17.6 Å². The van der Waals surface area contributed by atoms with Crippen LogP contribution in [0.1, 0.15) is 37.3 Å². The predicted molar refractivity (Wildman–Crippen MR) is 123 cm³/mol. The van der Waals surface area contributed by atoms with E-state index in [2.05, 4.69) is 5.32 Å². The van der Waals surface area contributed by atoms with E-state index in [9.17, 15) is 17.6 Å². The molecule has 1 N–H and O–H groups in total.